The maximum absolute atomic E-state index is 12.8. The molecule has 150 valence electrons. The normalized spacial score (nSPS) is 25.8. The number of carbonyl (C=O) groups excluding carboxylic acids is 2. The molecule has 2 aliphatic rings. The van der Waals surface area contributed by atoms with Crippen LogP contribution in [0.15, 0.2) is 0 Å². The molecule has 3 atom stereocenters. The van der Waals surface area contributed by atoms with Gasteiger partial charge in [0, 0.05) is 32.3 Å². The lowest BCUT2D eigenvalue weighted by atomic mass is 9.78. The summed E-state index contributed by atoms with van der Waals surface area (Å²) < 4.78 is 10.8. The van der Waals surface area contributed by atoms with Gasteiger partial charge >= 0.3 is 12.2 Å². The smallest absolute Gasteiger partial charge is 0.410 e. The van der Waals surface area contributed by atoms with E-state index in [1.807, 2.05) is 32.6 Å². The Bertz CT molecular complexity index is 491. The number of rotatable bonds is 5. The number of aliphatic hydroxyl groups excluding tert-OH is 1. The van der Waals surface area contributed by atoms with Gasteiger partial charge in [-0.3, -0.25) is 0 Å². The molecule has 7 nitrogen and oxygen atoms in total. The van der Waals surface area contributed by atoms with Gasteiger partial charge < -0.3 is 24.4 Å². The van der Waals surface area contributed by atoms with Crippen molar-refractivity contribution in [2.24, 2.45) is 11.8 Å². The zero-order valence-corrected chi connectivity index (χ0v) is 16.6. The van der Waals surface area contributed by atoms with Crippen molar-refractivity contribution in [1.82, 2.24) is 9.80 Å². The van der Waals surface area contributed by atoms with Crippen LogP contribution in [0.1, 0.15) is 53.4 Å². The Morgan fingerprint density at radius 2 is 1.85 bits per heavy atom. The highest BCUT2D eigenvalue weighted by atomic mass is 16.6. The van der Waals surface area contributed by atoms with Crippen molar-refractivity contribution >= 4 is 12.2 Å². The van der Waals surface area contributed by atoms with Crippen LogP contribution >= 0.6 is 0 Å². The van der Waals surface area contributed by atoms with E-state index in [0.29, 0.717) is 26.2 Å². The second-order valence-electron chi connectivity index (χ2n) is 8.39. The Labute approximate surface area is 156 Å². The fourth-order valence-electron chi connectivity index (χ4n) is 4.08. The van der Waals surface area contributed by atoms with Gasteiger partial charge in [0.25, 0.3) is 0 Å². The molecule has 2 heterocycles. The van der Waals surface area contributed by atoms with Crippen LogP contribution in [0.3, 0.4) is 0 Å². The number of unbranched alkanes of at least 4 members (excludes halogenated alkanes) is 1. The number of carbonyl (C=O) groups is 2. The molecule has 0 aromatic carbocycles. The summed E-state index contributed by atoms with van der Waals surface area (Å²) in [4.78, 5) is 28.6. The van der Waals surface area contributed by atoms with Gasteiger partial charge in [0.05, 0.1) is 6.61 Å². The first-order valence-electron chi connectivity index (χ1n) is 9.77. The number of aliphatic hydroxyl groups is 1. The number of hydrogen-bond donors (Lipinski definition) is 1. The third-order valence-corrected chi connectivity index (χ3v) is 5.03. The largest absolute Gasteiger partial charge is 0.450 e. The van der Waals surface area contributed by atoms with Crippen molar-refractivity contribution in [3.8, 4) is 0 Å². The fraction of sp³-hybridized carbons (Fsp3) is 0.895. The Morgan fingerprint density at radius 3 is 2.46 bits per heavy atom. The zero-order chi connectivity index (χ0) is 19.3. The zero-order valence-electron chi connectivity index (χ0n) is 16.6. The molecular formula is C19H34N2O5. The second kappa shape index (κ2) is 8.93. The Morgan fingerprint density at radius 1 is 1.12 bits per heavy atom. The van der Waals surface area contributed by atoms with E-state index in [1.165, 1.54) is 0 Å². The van der Waals surface area contributed by atoms with Gasteiger partial charge in [-0.1, -0.05) is 0 Å². The summed E-state index contributed by atoms with van der Waals surface area (Å²) in [5.74, 6) is 0.470. The van der Waals surface area contributed by atoms with Crippen LogP contribution in [0, 0.1) is 11.8 Å². The molecule has 0 aromatic heterocycles. The van der Waals surface area contributed by atoms with Crippen molar-refractivity contribution in [3.05, 3.63) is 0 Å². The third-order valence-electron chi connectivity index (χ3n) is 5.03. The highest BCUT2D eigenvalue weighted by Gasteiger charge is 2.44. The lowest BCUT2D eigenvalue weighted by molar-refractivity contribution is -0.0371. The number of amides is 2. The first kappa shape index (κ1) is 20.8. The Balaban J connectivity index is 2.12. The minimum atomic E-state index is -0.531. The molecule has 7 heteroatoms. The van der Waals surface area contributed by atoms with Crippen molar-refractivity contribution in [2.45, 2.75) is 65.0 Å². The first-order chi connectivity index (χ1) is 12.2. The first-order valence-corrected chi connectivity index (χ1v) is 9.77. The molecule has 2 bridgehead atoms. The van der Waals surface area contributed by atoms with Gasteiger partial charge in [-0.2, -0.15) is 0 Å². The van der Waals surface area contributed by atoms with Crippen LogP contribution in [-0.4, -0.2) is 71.6 Å². The predicted molar refractivity (Wildman–Crippen MR) is 97.9 cm³/mol. The molecule has 2 rings (SSSR count). The number of ether oxygens (including phenoxy) is 2. The highest BCUT2D eigenvalue weighted by Crippen LogP contribution is 2.36. The van der Waals surface area contributed by atoms with E-state index in [4.69, 9.17) is 14.6 Å². The molecule has 2 aliphatic heterocycles. The van der Waals surface area contributed by atoms with Gasteiger partial charge in [0.1, 0.15) is 5.60 Å². The molecule has 0 spiro atoms. The van der Waals surface area contributed by atoms with E-state index in [-0.39, 0.29) is 36.7 Å². The van der Waals surface area contributed by atoms with Gasteiger partial charge in [0.2, 0.25) is 0 Å². The van der Waals surface area contributed by atoms with Crippen molar-refractivity contribution < 1.29 is 24.2 Å². The van der Waals surface area contributed by atoms with E-state index in [9.17, 15) is 9.59 Å². The lowest BCUT2D eigenvalue weighted by Gasteiger charge is -2.50. The van der Waals surface area contributed by atoms with Gasteiger partial charge in [-0.25, -0.2) is 9.59 Å². The van der Waals surface area contributed by atoms with Crippen molar-refractivity contribution in [3.63, 3.8) is 0 Å². The molecule has 0 aliphatic carbocycles. The second-order valence-corrected chi connectivity index (χ2v) is 8.39. The van der Waals surface area contributed by atoms with E-state index < -0.39 is 5.60 Å². The summed E-state index contributed by atoms with van der Waals surface area (Å²) in [6.07, 6.45) is 2.86. The topological polar surface area (TPSA) is 79.3 Å². The molecule has 2 fully saturated rings. The number of hydrogen-bond acceptors (Lipinski definition) is 5. The molecule has 0 radical (unpaired) electrons. The van der Waals surface area contributed by atoms with Crippen molar-refractivity contribution in [1.29, 1.82) is 0 Å². The summed E-state index contributed by atoms with van der Waals surface area (Å²) in [6, 6.07) is 0.0323. The average molecular weight is 370 g/mol. The van der Waals surface area contributed by atoms with E-state index in [2.05, 4.69) is 0 Å². The molecule has 2 amide bonds. The quantitative estimate of drug-likeness (QED) is 0.753. The number of piperidine rings is 2. The maximum Gasteiger partial charge on any atom is 0.410 e. The van der Waals surface area contributed by atoms with E-state index >= 15 is 0 Å². The summed E-state index contributed by atoms with van der Waals surface area (Å²) in [6.45, 7) is 9.79. The van der Waals surface area contributed by atoms with Crippen LogP contribution in [-0.2, 0) is 9.47 Å². The summed E-state index contributed by atoms with van der Waals surface area (Å²) in [5.41, 5.74) is -0.531. The lowest BCUT2D eigenvalue weighted by Crippen LogP contribution is -2.60. The van der Waals surface area contributed by atoms with Crippen molar-refractivity contribution in [2.75, 3.05) is 32.8 Å². The summed E-state index contributed by atoms with van der Waals surface area (Å²) >= 11 is 0. The highest BCUT2D eigenvalue weighted by molar-refractivity contribution is 5.70. The number of fused-ring (bicyclic) bond motifs is 2. The SMILES string of the molecule is CCOC(=O)N1C[C@H]2C[C@@H](C1)[C@H](CCCCO)N(C(=O)OC(C)(C)C)C2. The average Bonchev–Trinajstić information content (AvgIpc) is 2.55. The van der Waals surface area contributed by atoms with Crippen LogP contribution in [0.25, 0.3) is 0 Å². The molecule has 0 unspecified atom stereocenters. The van der Waals surface area contributed by atoms with Gasteiger partial charge in [0.15, 0.2) is 0 Å². The Hall–Kier alpha value is -1.50. The third kappa shape index (κ3) is 5.50. The molecular weight excluding hydrogens is 336 g/mol. The predicted octanol–water partition coefficient (Wildman–Crippen LogP) is 2.86. The minimum absolute atomic E-state index is 0.0323. The fourth-order valence-corrected chi connectivity index (χ4v) is 4.08. The monoisotopic (exact) mass is 370 g/mol. The number of likely N-dealkylation sites (tertiary alicyclic amines) is 2. The van der Waals surface area contributed by atoms with Crippen LogP contribution in [0.5, 0.6) is 0 Å². The van der Waals surface area contributed by atoms with Crippen LogP contribution in [0.4, 0.5) is 9.59 Å². The number of nitrogens with zero attached hydrogens (tertiary/aromatic N) is 2. The molecule has 0 saturated carbocycles. The van der Waals surface area contributed by atoms with E-state index in [0.717, 1.165) is 25.7 Å². The molecule has 0 aromatic rings. The Kier molecular flexibility index (Phi) is 7.15. The molecule has 26 heavy (non-hydrogen) atoms. The summed E-state index contributed by atoms with van der Waals surface area (Å²) in [7, 11) is 0. The standard InChI is InChI=1S/C19H34N2O5/c1-5-25-17(23)20-11-14-10-15(13-20)16(8-6-7-9-22)21(12-14)18(24)26-19(2,3)4/h14-16,22H,5-13H2,1-4H3/t14-,15+,16+/m1/s1. The molecule has 1 N–H and O–H groups in total. The minimum Gasteiger partial charge on any atom is -0.450 e. The molecule has 2 saturated heterocycles. The van der Waals surface area contributed by atoms with Gasteiger partial charge in [-0.05, 0) is 65.2 Å². The van der Waals surface area contributed by atoms with Crippen LogP contribution in [0.2, 0.25) is 0 Å². The maximum atomic E-state index is 12.8. The summed E-state index contributed by atoms with van der Waals surface area (Å²) in [5, 5.41) is 9.10. The van der Waals surface area contributed by atoms with Gasteiger partial charge in [-0.15, -0.1) is 0 Å². The van der Waals surface area contributed by atoms with E-state index in [1.54, 1.807) is 4.90 Å². The van der Waals surface area contributed by atoms with Crippen LogP contribution < -0.4 is 0 Å².